The highest BCUT2D eigenvalue weighted by molar-refractivity contribution is 5.50. The largest absolute Gasteiger partial charge is 0.383 e. The zero-order valence-corrected chi connectivity index (χ0v) is 13.7. The van der Waals surface area contributed by atoms with Crippen LogP contribution in [0.4, 0.5) is 5.82 Å². The van der Waals surface area contributed by atoms with Crippen molar-refractivity contribution >= 4 is 5.82 Å². The van der Waals surface area contributed by atoms with E-state index in [1.165, 1.54) is 17.8 Å². The average molecular weight is 296 g/mol. The molecule has 0 radical (unpaired) electrons. The van der Waals surface area contributed by atoms with E-state index in [4.69, 9.17) is 9.47 Å². The third kappa shape index (κ3) is 3.96. The van der Waals surface area contributed by atoms with Crippen LogP contribution in [-0.2, 0) is 23.1 Å². The predicted octanol–water partition coefficient (Wildman–Crippen LogP) is 1.08. The lowest BCUT2D eigenvalue weighted by molar-refractivity contribution is 0.0889. The number of anilines is 1. The van der Waals surface area contributed by atoms with E-state index in [9.17, 15) is 0 Å². The monoisotopic (exact) mass is 296 g/mol. The van der Waals surface area contributed by atoms with E-state index in [-0.39, 0.29) is 0 Å². The summed E-state index contributed by atoms with van der Waals surface area (Å²) in [6, 6.07) is 0. The van der Waals surface area contributed by atoms with Crippen LogP contribution in [0, 0.1) is 6.92 Å². The second-order valence-corrected chi connectivity index (χ2v) is 5.63. The molecule has 1 unspecified atom stereocenters. The molecule has 0 bridgehead atoms. The Morgan fingerprint density at radius 2 is 2.19 bits per heavy atom. The van der Waals surface area contributed by atoms with Crippen molar-refractivity contribution in [1.82, 2.24) is 15.1 Å². The Hall–Kier alpha value is -1.11. The van der Waals surface area contributed by atoms with Gasteiger partial charge in [0.1, 0.15) is 5.82 Å². The summed E-state index contributed by atoms with van der Waals surface area (Å²) in [7, 11) is 5.55. The lowest BCUT2D eigenvalue weighted by atomic mass is 10.1. The van der Waals surface area contributed by atoms with Gasteiger partial charge >= 0.3 is 0 Å². The van der Waals surface area contributed by atoms with Gasteiger partial charge in [-0.15, -0.1) is 0 Å². The second kappa shape index (κ2) is 7.77. The standard InChI is InChI=1S/C15H28N4O2/c1-12-14(10-16-7-9-20-3)15(18(2)17-12)19-8-5-6-13(11-19)21-4/h13,16H,5-11H2,1-4H3. The van der Waals surface area contributed by atoms with Gasteiger partial charge in [0.25, 0.3) is 0 Å². The normalized spacial score (nSPS) is 19.2. The molecule has 21 heavy (non-hydrogen) atoms. The molecular formula is C15H28N4O2. The van der Waals surface area contributed by atoms with Crippen LogP contribution in [0.2, 0.25) is 0 Å². The summed E-state index contributed by atoms with van der Waals surface area (Å²) in [5.41, 5.74) is 2.38. The Morgan fingerprint density at radius 3 is 2.90 bits per heavy atom. The summed E-state index contributed by atoms with van der Waals surface area (Å²) in [4.78, 5) is 2.41. The van der Waals surface area contributed by atoms with Crippen LogP contribution in [0.3, 0.4) is 0 Å². The van der Waals surface area contributed by atoms with Crippen molar-refractivity contribution in [3.8, 4) is 0 Å². The fourth-order valence-corrected chi connectivity index (χ4v) is 3.00. The number of rotatable bonds is 7. The van der Waals surface area contributed by atoms with Crippen LogP contribution in [-0.4, -0.2) is 56.3 Å². The number of nitrogens with zero attached hydrogens (tertiary/aromatic N) is 3. The maximum Gasteiger partial charge on any atom is 0.131 e. The van der Waals surface area contributed by atoms with E-state index in [2.05, 4.69) is 22.2 Å². The molecule has 0 aliphatic carbocycles. The minimum absolute atomic E-state index is 0.322. The average Bonchev–Trinajstić information content (AvgIpc) is 2.77. The van der Waals surface area contributed by atoms with Gasteiger partial charge in [-0.3, -0.25) is 4.68 Å². The maximum absolute atomic E-state index is 5.54. The molecule has 0 amide bonds. The van der Waals surface area contributed by atoms with Crippen LogP contribution in [0.5, 0.6) is 0 Å². The van der Waals surface area contributed by atoms with Crippen molar-refractivity contribution in [2.75, 3.05) is 45.4 Å². The van der Waals surface area contributed by atoms with Gasteiger partial charge in [-0.2, -0.15) is 5.10 Å². The minimum atomic E-state index is 0.322. The molecule has 1 atom stereocenters. The van der Waals surface area contributed by atoms with Crippen LogP contribution in [0.15, 0.2) is 0 Å². The number of methoxy groups -OCH3 is 2. The fraction of sp³-hybridized carbons (Fsp3) is 0.800. The molecule has 120 valence electrons. The van der Waals surface area contributed by atoms with E-state index in [1.807, 2.05) is 11.7 Å². The smallest absolute Gasteiger partial charge is 0.131 e. The predicted molar refractivity (Wildman–Crippen MR) is 83.8 cm³/mol. The number of aryl methyl sites for hydroxylation is 2. The van der Waals surface area contributed by atoms with E-state index < -0.39 is 0 Å². The van der Waals surface area contributed by atoms with Gasteiger partial charge in [0.15, 0.2) is 0 Å². The zero-order chi connectivity index (χ0) is 15.2. The van der Waals surface area contributed by atoms with Gasteiger partial charge in [-0.1, -0.05) is 0 Å². The second-order valence-electron chi connectivity index (χ2n) is 5.63. The lowest BCUT2D eigenvalue weighted by Gasteiger charge is -2.34. The highest BCUT2D eigenvalue weighted by Gasteiger charge is 2.25. The number of aromatic nitrogens is 2. The van der Waals surface area contributed by atoms with Gasteiger partial charge in [-0.25, -0.2) is 0 Å². The van der Waals surface area contributed by atoms with Gasteiger partial charge in [-0.05, 0) is 19.8 Å². The Kier molecular flexibility index (Phi) is 6.02. The topological polar surface area (TPSA) is 51.5 Å². The van der Waals surface area contributed by atoms with Crippen molar-refractivity contribution in [2.45, 2.75) is 32.4 Å². The molecule has 0 aromatic carbocycles. The van der Waals surface area contributed by atoms with Crippen molar-refractivity contribution < 1.29 is 9.47 Å². The molecule has 1 fully saturated rings. The first-order valence-electron chi connectivity index (χ1n) is 7.67. The maximum atomic E-state index is 5.54. The Morgan fingerprint density at radius 1 is 1.38 bits per heavy atom. The lowest BCUT2D eigenvalue weighted by Crippen LogP contribution is -2.40. The number of ether oxygens (including phenoxy) is 2. The molecule has 0 spiro atoms. The van der Waals surface area contributed by atoms with E-state index in [1.54, 1.807) is 14.2 Å². The number of hydrogen-bond acceptors (Lipinski definition) is 5. The van der Waals surface area contributed by atoms with E-state index in [0.29, 0.717) is 6.10 Å². The van der Waals surface area contributed by atoms with Gasteiger partial charge in [0.05, 0.1) is 18.4 Å². The van der Waals surface area contributed by atoms with Crippen molar-refractivity contribution in [2.24, 2.45) is 7.05 Å². The Balaban J connectivity index is 2.10. The third-order valence-electron chi connectivity index (χ3n) is 4.11. The molecule has 1 aliphatic heterocycles. The van der Waals surface area contributed by atoms with E-state index >= 15 is 0 Å². The summed E-state index contributed by atoms with van der Waals surface area (Å²) >= 11 is 0. The quantitative estimate of drug-likeness (QED) is 0.763. The van der Waals surface area contributed by atoms with Crippen LogP contribution in [0.25, 0.3) is 0 Å². The van der Waals surface area contributed by atoms with Crippen molar-refractivity contribution in [3.05, 3.63) is 11.3 Å². The first-order chi connectivity index (χ1) is 10.2. The summed E-state index contributed by atoms with van der Waals surface area (Å²) in [5, 5.41) is 8.02. The zero-order valence-electron chi connectivity index (χ0n) is 13.7. The van der Waals surface area contributed by atoms with Crippen LogP contribution >= 0.6 is 0 Å². The molecule has 1 N–H and O–H groups in total. The van der Waals surface area contributed by atoms with Crippen LogP contribution in [0.1, 0.15) is 24.1 Å². The van der Waals surface area contributed by atoms with Gasteiger partial charge < -0.3 is 19.7 Å². The molecule has 1 saturated heterocycles. The fourth-order valence-electron chi connectivity index (χ4n) is 3.00. The molecular weight excluding hydrogens is 268 g/mol. The summed E-state index contributed by atoms with van der Waals surface area (Å²) in [6.45, 7) is 6.50. The van der Waals surface area contributed by atoms with Gasteiger partial charge in [0.2, 0.25) is 0 Å². The molecule has 2 heterocycles. The molecule has 2 rings (SSSR count). The van der Waals surface area contributed by atoms with E-state index in [0.717, 1.165) is 44.9 Å². The summed E-state index contributed by atoms with van der Waals surface area (Å²) in [5.74, 6) is 1.22. The first-order valence-corrected chi connectivity index (χ1v) is 7.67. The summed E-state index contributed by atoms with van der Waals surface area (Å²) < 4.78 is 12.6. The van der Waals surface area contributed by atoms with Crippen LogP contribution < -0.4 is 10.2 Å². The minimum Gasteiger partial charge on any atom is -0.383 e. The SMILES string of the molecule is COCCNCc1c(C)nn(C)c1N1CCCC(OC)C1. The highest BCUT2D eigenvalue weighted by Crippen LogP contribution is 2.26. The number of piperidine rings is 1. The molecule has 1 aromatic heterocycles. The molecule has 6 nitrogen and oxygen atoms in total. The first kappa shape index (κ1) is 16.3. The molecule has 6 heteroatoms. The molecule has 0 saturated carbocycles. The Bertz CT molecular complexity index is 447. The van der Waals surface area contributed by atoms with Crippen molar-refractivity contribution in [3.63, 3.8) is 0 Å². The van der Waals surface area contributed by atoms with Gasteiger partial charge in [0, 0.05) is 53.0 Å². The Labute approximate surface area is 127 Å². The summed E-state index contributed by atoms with van der Waals surface area (Å²) in [6.07, 6.45) is 2.63. The highest BCUT2D eigenvalue weighted by atomic mass is 16.5. The van der Waals surface area contributed by atoms with Crippen molar-refractivity contribution in [1.29, 1.82) is 0 Å². The molecule has 1 aliphatic rings. The third-order valence-corrected chi connectivity index (χ3v) is 4.11. The number of hydrogen-bond donors (Lipinski definition) is 1. The number of nitrogens with one attached hydrogen (secondary N) is 1. The molecule has 1 aromatic rings.